The second-order valence-electron chi connectivity index (χ2n) is 3.79. The third-order valence-corrected chi connectivity index (χ3v) is 3.31. The van der Waals surface area contributed by atoms with Gasteiger partial charge in [0.05, 0.1) is 5.38 Å². The number of hydrogen-bond donors (Lipinski definition) is 0. The van der Waals surface area contributed by atoms with Gasteiger partial charge in [0.1, 0.15) is 0 Å². The van der Waals surface area contributed by atoms with Gasteiger partial charge >= 0.3 is 0 Å². The molecule has 2 unspecified atom stereocenters. The Kier molecular flexibility index (Phi) is 1.88. The van der Waals surface area contributed by atoms with Crippen molar-refractivity contribution in [3.05, 3.63) is 34.9 Å². The molecule has 0 spiro atoms. The largest absolute Gasteiger partial charge is 0.118 e. The van der Waals surface area contributed by atoms with Crippen molar-refractivity contribution >= 4 is 11.6 Å². The molecule has 0 aromatic heterocycles. The van der Waals surface area contributed by atoms with Gasteiger partial charge in [-0.1, -0.05) is 30.7 Å². The molecule has 0 nitrogen and oxygen atoms in total. The summed E-state index contributed by atoms with van der Waals surface area (Å²) in [7, 11) is 0. The number of aryl methyl sites for hydroxylation is 1. The topological polar surface area (TPSA) is 0 Å². The van der Waals surface area contributed by atoms with E-state index in [0.717, 1.165) is 6.42 Å². The van der Waals surface area contributed by atoms with Gasteiger partial charge in [0.2, 0.25) is 0 Å². The summed E-state index contributed by atoms with van der Waals surface area (Å²) < 4.78 is 0. The molecule has 1 aromatic rings. The van der Waals surface area contributed by atoms with E-state index < -0.39 is 0 Å². The minimum Gasteiger partial charge on any atom is -0.118 e. The summed E-state index contributed by atoms with van der Waals surface area (Å²) in [6.07, 6.45) is 1.14. The second kappa shape index (κ2) is 2.77. The number of fused-ring (bicyclic) bond motifs is 1. The van der Waals surface area contributed by atoms with Crippen molar-refractivity contribution in [3.8, 4) is 0 Å². The van der Waals surface area contributed by atoms with E-state index in [4.69, 9.17) is 11.6 Å². The van der Waals surface area contributed by atoms with E-state index in [2.05, 4.69) is 32.0 Å². The van der Waals surface area contributed by atoms with E-state index in [1.165, 1.54) is 16.7 Å². The lowest BCUT2D eigenvalue weighted by molar-refractivity contribution is 0.609. The summed E-state index contributed by atoms with van der Waals surface area (Å²) in [5, 5.41) is 0.236. The molecule has 64 valence electrons. The highest BCUT2D eigenvalue weighted by Crippen LogP contribution is 2.40. The van der Waals surface area contributed by atoms with E-state index in [-0.39, 0.29) is 5.38 Å². The van der Waals surface area contributed by atoms with Crippen molar-refractivity contribution in [2.24, 2.45) is 5.92 Å². The molecule has 0 saturated heterocycles. The van der Waals surface area contributed by atoms with Crippen LogP contribution in [0.1, 0.15) is 29.0 Å². The Hall–Kier alpha value is -0.490. The quantitative estimate of drug-likeness (QED) is 0.537. The zero-order chi connectivity index (χ0) is 8.72. The predicted molar refractivity (Wildman–Crippen MR) is 52.6 cm³/mol. The Morgan fingerprint density at radius 2 is 2.17 bits per heavy atom. The standard InChI is InChI=1S/C11H13Cl/c1-7-3-4-9-6-8(2)11(12)10(9)5-7/h3-5,8,11H,6H2,1-2H3. The molecule has 2 rings (SSSR count). The zero-order valence-electron chi connectivity index (χ0n) is 7.47. The van der Waals surface area contributed by atoms with Crippen LogP contribution in [0.5, 0.6) is 0 Å². The van der Waals surface area contributed by atoms with Crippen LogP contribution in [0.15, 0.2) is 18.2 Å². The maximum Gasteiger partial charge on any atom is 0.0616 e. The SMILES string of the molecule is Cc1ccc2c(c1)C(Cl)C(C)C2. The molecular formula is C11H13Cl. The van der Waals surface area contributed by atoms with Crippen LogP contribution in [0, 0.1) is 12.8 Å². The fourth-order valence-corrected chi connectivity index (χ4v) is 2.21. The molecule has 0 aliphatic heterocycles. The molecule has 1 aromatic carbocycles. The van der Waals surface area contributed by atoms with Crippen molar-refractivity contribution in [1.29, 1.82) is 0 Å². The molecule has 1 aliphatic rings. The fraction of sp³-hybridized carbons (Fsp3) is 0.455. The normalized spacial score (nSPS) is 27.2. The third-order valence-electron chi connectivity index (χ3n) is 2.64. The average Bonchev–Trinajstić information content (AvgIpc) is 2.31. The summed E-state index contributed by atoms with van der Waals surface area (Å²) in [5.74, 6) is 0.600. The van der Waals surface area contributed by atoms with Crippen LogP contribution >= 0.6 is 11.6 Å². The van der Waals surface area contributed by atoms with Crippen LogP contribution in [0.3, 0.4) is 0 Å². The van der Waals surface area contributed by atoms with Crippen molar-refractivity contribution in [2.75, 3.05) is 0 Å². The Balaban J connectivity index is 2.48. The van der Waals surface area contributed by atoms with Crippen molar-refractivity contribution in [3.63, 3.8) is 0 Å². The van der Waals surface area contributed by atoms with Gasteiger partial charge in [-0.3, -0.25) is 0 Å². The molecule has 0 radical (unpaired) electrons. The van der Waals surface area contributed by atoms with Crippen LogP contribution in [0.4, 0.5) is 0 Å². The molecular weight excluding hydrogens is 168 g/mol. The van der Waals surface area contributed by atoms with E-state index >= 15 is 0 Å². The van der Waals surface area contributed by atoms with Gasteiger partial charge in [-0.2, -0.15) is 0 Å². The zero-order valence-corrected chi connectivity index (χ0v) is 8.23. The van der Waals surface area contributed by atoms with E-state index in [1.54, 1.807) is 0 Å². The maximum absolute atomic E-state index is 6.27. The first-order chi connectivity index (χ1) is 5.68. The monoisotopic (exact) mass is 180 g/mol. The molecule has 1 heteroatoms. The fourth-order valence-electron chi connectivity index (χ4n) is 1.91. The Morgan fingerprint density at radius 1 is 1.42 bits per heavy atom. The van der Waals surface area contributed by atoms with E-state index in [9.17, 15) is 0 Å². The highest BCUT2D eigenvalue weighted by molar-refractivity contribution is 6.21. The number of alkyl halides is 1. The minimum absolute atomic E-state index is 0.236. The summed E-state index contributed by atoms with van der Waals surface area (Å²) in [6.45, 7) is 4.33. The number of halogens is 1. The molecule has 0 fully saturated rings. The molecule has 1 aliphatic carbocycles. The summed E-state index contributed by atoms with van der Waals surface area (Å²) >= 11 is 6.27. The number of rotatable bonds is 0. The van der Waals surface area contributed by atoms with Crippen molar-refractivity contribution in [2.45, 2.75) is 25.6 Å². The van der Waals surface area contributed by atoms with Gasteiger partial charge in [-0.25, -0.2) is 0 Å². The number of benzene rings is 1. The van der Waals surface area contributed by atoms with Crippen LogP contribution in [0.2, 0.25) is 0 Å². The van der Waals surface area contributed by atoms with Gasteiger partial charge in [0, 0.05) is 0 Å². The predicted octanol–water partition coefficient (Wildman–Crippen LogP) is 3.47. The van der Waals surface area contributed by atoms with Crippen LogP contribution in [0.25, 0.3) is 0 Å². The van der Waals surface area contributed by atoms with Gasteiger partial charge in [0.15, 0.2) is 0 Å². The summed E-state index contributed by atoms with van der Waals surface area (Å²) in [4.78, 5) is 0. The van der Waals surface area contributed by atoms with Gasteiger partial charge in [-0.05, 0) is 30.4 Å². The number of hydrogen-bond acceptors (Lipinski definition) is 0. The average molecular weight is 181 g/mol. The van der Waals surface area contributed by atoms with Crippen molar-refractivity contribution in [1.82, 2.24) is 0 Å². The molecule has 0 bridgehead atoms. The summed E-state index contributed by atoms with van der Waals surface area (Å²) in [5.41, 5.74) is 4.10. The van der Waals surface area contributed by atoms with Gasteiger partial charge in [0.25, 0.3) is 0 Å². The first-order valence-corrected chi connectivity index (χ1v) is 4.85. The Bertz CT molecular complexity index is 304. The molecule has 0 amide bonds. The van der Waals surface area contributed by atoms with E-state index in [0.29, 0.717) is 5.92 Å². The van der Waals surface area contributed by atoms with E-state index in [1.807, 2.05) is 0 Å². The molecule has 0 N–H and O–H groups in total. The molecule has 2 atom stereocenters. The third kappa shape index (κ3) is 1.15. The molecule has 0 saturated carbocycles. The lowest BCUT2D eigenvalue weighted by Crippen LogP contribution is -1.94. The maximum atomic E-state index is 6.27. The minimum atomic E-state index is 0.236. The first-order valence-electron chi connectivity index (χ1n) is 4.42. The first kappa shape index (κ1) is 8.12. The smallest absolute Gasteiger partial charge is 0.0616 e. The van der Waals surface area contributed by atoms with Gasteiger partial charge < -0.3 is 0 Å². The Labute approximate surface area is 78.6 Å². The van der Waals surface area contributed by atoms with Crippen LogP contribution in [-0.2, 0) is 6.42 Å². The molecule has 12 heavy (non-hydrogen) atoms. The lowest BCUT2D eigenvalue weighted by atomic mass is 10.1. The lowest BCUT2D eigenvalue weighted by Gasteiger charge is -2.06. The summed E-state index contributed by atoms with van der Waals surface area (Å²) in [6, 6.07) is 6.60. The Morgan fingerprint density at radius 3 is 2.92 bits per heavy atom. The molecule has 0 heterocycles. The van der Waals surface area contributed by atoms with Crippen LogP contribution in [-0.4, -0.2) is 0 Å². The van der Waals surface area contributed by atoms with Crippen molar-refractivity contribution < 1.29 is 0 Å². The van der Waals surface area contributed by atoms with Gasteiger partial charge in [-0.15, -0.1) is 11.6 Å². The second-order valence-corrected chi connectivity index (χ2v) is 4.26. The highest BCUT2D eigenvalue weighted by atomic mass is 35.5. The van der Waals surface area contributed by atoms with Crippen LogP contribution < -0.4 is 0 Å². The highest BCUT2D eigenvalue weighted by Gasteiger charge is 2.26.